The zero-order valence-corrected chi connectivity index (χ0v) is 15.7. The number of nitrogens with zero attached hydrogens (tertiary/aromatic N) is 1. The van der Waals surface area contributed by atoms with Crippen LogP contribution in [0.1, 0.15) is 5.56 Å². The molecule has 2 aromatic rings. The van der Waals surface area contributed by atoms with Gasteiger partial charge in [0.05, 0.1) is 21.3 Å². The van der Waals surface area contributed by atoms with Crippen LogP contribution in [0.3, 0.4) is 0 Å². The van der Waals surface area contributed by atoms with Crippen LogP contribution in [-0.2, 0) is 6.42 Å². The van der Waals surface area contributed by atoms with Crippen molar-refractivity contribution in [2.45, 2.75) is 6.42 Å². The first-order chi connectivity index (χ1) is 13.0. The van der Waals surface area contributed by atoms with E-state index in [1.54, 1.807) is 19.2 Å². The van der Waals surface area contributed by atoms with Gasteiger partial charge in [-0.05, 0) is 30.2 Å². The molecule has 0 aliphatic heterocycles. The summed E-state index contributed by atoms with van der Waals surface area (Å²) in [6.45, 7) is 0.366. The predicted molar refractivity (Wildman–Crippen MR) is 101 cm³/mol. The lowest BCUT2D eigenvalue weighted by Gasteiger charge is -2.16. The molecule has 2 N–H and O–H groups in total. The Bertz CT molecular complexity index is 788. The minimum atomic E-state index is -0.466. The van der Waals surface area contributed by atoms with Crippen molar-refractivity contribution in [1.29, 1.82) is 0 Å². The SMILES string of the molecule is CN=C(NCCc1cc(F)ccc1F)Nc1cc(OC)c(OC)c(OC)c1. The molecule has 2 aromatic carbocycles. The number of hydrogen-bond donors (Lipinski definition) is 2. The fourth-order valence-corrected chi connectivity index (χ4v) is 2.52. The van der Waals surface area contributed by atoms with Crippen LogP contribution >= 0.6 is 0 Å². The zero-order chi connectivity index (χ0) is 19.8. The number of rotatable bonds is 7. The van der Waals surface area contributed by atoms with Crippen LogP contribution in [0.25, 0.3) is 0 Å². The molecule has 0 bridgehead atoms. The molecule has 27 heavy (non-hydrogen) atoms. The van der Waals surface area contributed by atoms with Gasteiger partial charge in [0.15, 0.2) is 17.5 Å². The van der Waals surface area contributed by atoms with Gasteiger partial charge in [0.25, 0.3) is 0 Å². The summed E-state index contributed by atoms with van der Waals surface area (Å²) >= 11 is 0. The molecule has 0 saturated heterocycles. The van der Waals surface area contributed by atoms with Crippen molar-refractivity contribution in [3.63, 3.8) is 0 Å². The lowest BCUT2D eigenvalue weighted by molar-refractivity contribution is 0.324. The van der Waals surface area contributed by atoms with Gasteiger partial charge in [0.1, 0.15) is 11.6 Å². The van der Waals surface area contributed by atoms with Crippen molar-refractivity contribution in [2.24, 2.45) is 4.99 Å². The summed E-state index contributed by atoms with van der Waals surface area (Å²) in [5, 5.41) is 6.15. The van der Waals surface area contributed by atoms with Gasteiger partial charge in [-0.1, -0.05) is 0 Å². The number of methoxy groups -OCH3 is 3. The van der Waals surface area contributed by atoms with E-state index in [4.69, 9.17) is 14.2 Å². The maximum absolute atomic E-state index is 13.7. The molecule has 0 amide bonds. The van der Waals surface area contributed by atoms with Crippen LogP contribution in [0.2, 0.25) is 0 Å². The first-order valence-electron chi connectivity index (χ1n) is 8.24. The summed E-state index contributed by atoms with van der Waals surface area (Å²) in [7, 11) is 6.19. The van der Waals surface area contributed by atoms with E-state index < -0.39 is 11.6 Å². The van der Waals surface area contributed by atoms with Crippen LogP contribution in [0, 0.1) is 11.6 Å². The van der Waals surface area contributed by atoms with Crippen molar-refractivity contribution < 1.29 is 23.0 Å². The molecular weight excluding hydrogens is 356 g/mol. The Hall–Kier alpha value is -3.03. The number of ether oxygens (including phenoxy) is 3. The monoisotopic (exact) mass is 379 g/mol. The van der Waals surface area contributed by atoms with E-state index in [1.807, 2.05) is 0 Å². The number of anilines is 1. The minimum absolute atomic E-state index is 0.297. The number of halogens is 2. The van der Waals surface area contributed by atoms with Crippen molar-refractivity contribution in [1.82, 2.24) is 5.32 Å². The molecule has 0 saturated carbocycles. The van der Waals surface area contributed by atoms with Gasteiger partial charge in [-0.3, -0.25) is 4.99 Å². The Morgan fingerprint density at radius 2 is 1.67 bits per heavy atom. The van der Waals surface area contributed by atoms with E-state index in [2.05, 4.69) is 15.6 Å². The Balaban J connectivity index is 2.05. The highest BCUT2D eigenvalue weighted by Crippen LogP contribution is 2.39. The van der Waals surface area contributed by atoms with Gasteiger partial charge < -0.3 is 24.8 Å². The third-order valence-corrected chi connectivity index (χ3v) is 3.85. The molecule has 8 heteroatoms. The molecule has 0 aliphatic carbocycles. The second-order valence-electron chi connectivity index (χ2n) is 5.52. The van der Waals surface area contributed by atoms with Crippen LogP contribution in [0.15, 0.2) is 35.3 Å². The summed E-state index contributed by atoms with van der Waals surface area (Å²) in [6, 6.07) is 6.87. The molecule has 0 atom stereocenters. The molecule has 6 nitrogen and oxygen atoms in total. The van der Waals surface area contributed by atoms with Crippen molar-refractivity contribution >= 4 is 11.6 Å². The van der Waals surface area contributed by atoms with E-state index in [0.717, 1.165) is 12.1 Å². The number of nitrogens with one attached hydrogen (secondary N) is 2. The van der Waals surface area contributed by atoms with Crippen LogP contribution in [0.5, 0.6) is 17.2 Å². The average molecular weight is 379 g/mol. The molecule has 0 aromatic heterocycles. The Morgan fingerprint density at radius 3 is 2.22 bits per heavy atom. The largest absolute Gasteiger partial charge is 0.493 e. The van der Waals surface area contributed by atoms with Crippen molar-refractivity contribution in [3.8, 4) is 17.2 Å². The minimum Gasteiger partial charge on any atom is -0.493 e. The highest BCUT2D eigenvalue weighted by Gasteiger charge is 2.14. The molecule has 0 radical (unpaired) electrons. The average Bonchev–Trinajstić information content (AvgIpc) is 2.68. The second-order valence-corrected chi connectivity index (χ2v) is 5.52. The first kappa shape index (κ1) is 20.3. The van der Waals surface area contributed by atoms with E-state index in [1.165, 1.54) is 27.4 Å². The summed E-state index contributed by atoms with van der Waals surface area (Å²) in [6.07, 6.45) is 0.305. The molecular formula is C19H23F2N3O3. The molecule has 2 rings (SSSR count). The Morgan fingerprint density at radius 1 is 1.00 bits per heavy atom. The number of hydrogen-bond acceptors (Lipinski definition) is 4. The summed E-state index contributed by atoms with van der Waals surface area (Å²) in [5.41, 5.74) is 0.959. The van der Waals surface area contributed by atoms with E-state index in [9.17, 15) is 8.78 Å². The lowest BCUT2D eigenvalue weighted by Crippen LogP contribution is -2.32. The second kappa shape index (κ2) is 9.61. The quantitative estimate of drug-likeness (QED) is 0.571. The van der Waals surface area contributed by atoms with Crippen LogP contribution < -0.4 is 24.8 Å². The molecule has 0 heterocycles. The van der Waals surface area contributed by atoms with Crippen molar-refractivity contribution in [2.75, 3.05) is 40.2 Å². The smallest absolute Gasteiger partial charge is 0.203 e. The molecule has 0 unspecified atom stereocenters. The highest BCUT2D eigenvalue weighted by atomic mass is 19.1. The van der Waals surface area contributed by atoms with Crippen LogP contribution in [0.4, 0.5) is 14.5 Å². The van der Waals surface area contributed by atoms with Gasteiger partial charge >= 0.3 is 0 Å². The van der Waals surface area contributed by atoms with Gasteiger partial charge in [0, 0.05) is 31.4 Å². The van der Waals surface area contributed by atoms with E-state index in [-0.39, 0.29) is 0 Å². The highest BCUT2D eigenvalue weighted by molar-refractivity contribution is 5.94. The Kier molecular flexibility index (Phi) is 7.22. The van der Waals surface area contributed by atoms with Gasteiger partial charge in [0.2, 0.25) is 5.75 Å². The number of aliphatic imine (C=N–C) groups is 1. The van der Waals surface area contributed by atoms with Gasteiger partial charge in [-0.15, -0.1) is 0 Å². The fourth-order valence-electron chi connectivity index (χ4n) is 2.52. The molecule has 0 aliphatic rings. The Labute approximate surface area is 157 Å². The fraction of sp³-hybridized carbons (Fsp3) is 0.316. The maximum Gasteiger partial charge on any atom is 0.203 e. The summed E-state index contributed by atoms with van der Waals surface area (Å²) < 4.78 is 42.8. The van der Waals surface area contributed by atoms with E-state index >= 15 is 0 Å². The summed E-state index contributed by atoms with van der Waals surface area (Å²) in [4.78, 5) is 4.12. The van der Waals surface area contributed by atoms with Crippen molar-refractivity contribution in [3.05, 3.63) is 47.5 Å². The predicted octanol–water partition coefficient (Wildman–Crippen LogP) is 3.22. The number of guanidine groups is 1. The standard InChI is InChI=1S/C19H23F2N3O3/c1-22-19(23-8-7-12-9-13(20)5-6-15(12)21)24-14-10-16(25-2)18(27-4)17(11-14)26-3/h5-6,9-11H,7-8H2,1-4H3,(H2,22,23,24). The first-order valence-corrected chi connectivity index (χ1v) is 8.24. The molecule has 146 valence electrons. The summed E-state index contributed by atoms with van der Waals surface area (Å²) in [5.74, 6) is 1.03. The third-order valence-electron chi connectivity index (χ3n) is 3.85. The van der Waals surface area contributed by atoms with Gasteiger partial charge in [-0.25, -0.2) is 8.78 Å². The van der Waals surface area contributed by atoms with Gasteiger partial charge in [-0.2, -0.15) is 0 Å². The third kappa shape index (κ3) is 5.22. The molecule has 0 spiro atoms. The lowest BCUT2D eigenvalue weighted by atomic mass is 10.1. The number of benzene rings is 2. The topological polar surface area (TPSA) is 64.1 Å². The van der Waals surface area contributed by atoms with Crippen LogP contribution in [-0.4, -0.2) is 40.9 Å². The van der Waals surface area contributed by atoms with E-state index in [0.29, 0.717) is 47.4 Å². The maximum atomic E-state index is 13.7. The zero-order valence-electron chi connectivity index (χ0n) is 15.7. The molecule has 0 fully saturated rings. The normalized spacial score (nSPS) is 11.1.